The van der Waals surface area contributed by atoms with E-state index in [-0.39, 0.29) is 4.90 Å². The Morgan fingerprint density at radius 1 is 1.14 bits per heavy atom. The number of rotatable bonds is 4. The summed E-state index contributed by atoms with van der Waals surface area (Å²) in [6, 6.07) is 11.5. The Labute approximate surface area is 133 Å². The lowest BCUT2D eigenvalue weighted by Crippen LogP contribution is -2.13. The number of anilines is 1. The molecule has 21 heavy (non-hydrogen) atoms. The van der Waals surface area contributed by atoms with Crippen molar-refractivity contribution in [2.24, 2.45) is 0 Å². The van der Waals surface area contributed by atoms with E-state index in [0.29, 0.717) is 11.3 Å². The molecular formula is C15H16BrNO3S. The Kier molecular flexibility index (Phi) is 4.70. The predicted molar refractivity (Wildman–Crippen MR) is 86.8 cm³/mol. The summed E-state index contributed by atoms with van der Waals surface area (Å²) in [4.78, 5) is 0.157. The number of aliphatic hydroxyl groups is 1. The lowest BCUT2D eigenvalue weighted by atomic mass is 10.1. The molecule has 1 unspecified atom stereocenters. The number of benzene rings is 2. The van der Waals surface area contributed by atoms with Crippen molar-refractivity contribution < 1.29 is 13.5 Å². The number of halogens is 1. The fraction of sp³-hybridized carbons (Fsp3) is 0.200. The first-order valence-electron chi connectivity index (χ1n) is 6.36. The highest BCUT2D eigenvalue weighted by Gasteiger charge is 2.15. The van der Waals surface area contributed by atoms with Gasteiger partial charge in [-0.1, -0.05) is 28.1 Å². The zero-order valence-corrected chi connectivity index (χ0v) is 14.1. The molecule has 2 rings (SSSR count). The molecule has 0 aliphatic carbocycles. The molecule has 0 aliphatic heterocycles. The normalized spacial score (nSPS) is 13.0. The van der Waals surface area contributed by atoms with E-state index in [1.54, 1.807) is 31.2 Å². The van der Waals surface area contributed by atoms with Gasteiger partial charge in [-0.15, -0.1) is 0 Å². The van der Waals surface area contributed by atoms with Gasteiger partial charge in [-0.25, -0.2) is 8.42 Å². The third-order valence-corrected chi connectivity index (χ3v) is 4.82. The van der Waals surface area contributed by atoms with Gasteiger partial charge < -0.3 is 5.11 Å². The van der Waals surface area contributed by atoms with Gasteiger partial charge in [-0.2, -0.15) is 0 Å². The molecule has 4 nitrogen and oxygen atoms in total. The molecule has 0 radical (unpaired) electrons. The molecule has 0 spiro atoms. The second kappa shape index (κ2) is 6.17. The zero-order valence-electron chi connectivity index (χ0n) is 11.7. The largest absolute Gasteiger partial charge is 0.389 e. The summed E-state index contributed by atoms with van der Waals surface area (Å²) >= 11 is 3.34. The number of nitrogens with one attached hydrogen (secondary N) is 1. The third kappa shape index (κ3) is 4.06. The molecule has 0 aromatic heterocycles. The minimum atomic E-state index is -3.64. The molecule has 2 N–H and O–H groups in total. The molecule has 1 atom stereocenters. The Morgan fingerprint density at radius 3 is 2.29 bits per heavy atom. The quantitative estimate of drug-likeness (QED) is 0.864. The average Bonchev–Trinajstić information content (AvgIpc) is 2.37. The monoisotopic (exact) mass is 369 g/mol. The molecule has 0 amide bonds. The van der Waals surface area contributed by atoms with Crippen LogP contribution >= 0.6 is 15.9 Å². The topological polar surface area (TPSA) is 66.4 Å². The third-order valence-electron chi connectivity index (χ3n) is 2.97. The van der Waals surface area contributed by atoms with Crippen LogP contribution in [0.3, 0.4) is 0 Å². The zero-order chi connectivity index (χ0) is 15.6. The van der Waals surface area contributed by atoms with E-state index in [1.807, 2.05) is 13.0 Å². The first kappa shape index (κ1) is 16.0. The number of aliphatic hydroxyl groups excluding tert-OH is 1. The molecule has 2 aromatic rings. The van der Waals surface area contributed by atoms with Crippen LogP contribution in [0.2, 0.25) is 0 Å². The number of aryl methyl sites for hydroxylation is 1. The summed E-state index contributed by atoms with van der Waals surface area (Å²) in [5.41, 5.74) is 2.13. The molecule has 0 saturated heterocycles. The summed E-state index contributed by atoms with van der Waals surface area (Å²) in [5.74, 6) is 0. The van der Waals surface area contributed by atoms with Gasteiger partial charge in [0.25, 0.3) is 10.0 Å². The summed E-state index contributed by atoms with van der Waals surface area (Å²) < 4.78 is 28.0. The van der Waals surface area contributed by atoms with Crippen LogP contribution in [0, 0.1) is 6.92 Å². The van der Waals surface area contributed by atoms with E-state index in [9.17, 15) is 13.5 Å². The number of sulfonamides is 1. The molecule has 6 heteroatoms. The lowest BCUT2D eigenvalue weighted by Gasteiger charge is -2.10. The van der Waals surface area contributed by atoms with Crippen molar-refractivity contribution in [1.82, 2.24) is 0 Å². The van der Waals surface area contributed by atoms with Gasteiger partial charge >= 0.3 is 0 Å². The molecule has 0 saturated carbocycles. The molecule has 2 aromatic carbocycles. The van der Waals surface area contributed by atoms with Gasteiger partial charge in [-0.3, -0.25) is 4.72 Å². The van der Waals surface area contributed by atoms with Crippen LogP contribution in [-0.2, 0) is 10.0 Å². The summed E-state index contributed by atoms with van der Waals surface area (Å²) in [5, 5.41) is 9.44. The maximum atomic E-state index is 12.3. The van der Waals surface area contributed by atoms with Gasteiger partial charge in [0.2, 0.25) is 0 Å². The van der Waals surface area contributed by atoms with E-state index >= 15 is 0 Å². The van der Waals surface area contributed by atoms with Crippen molar-refractivity contribution in [3.05, 3.63) is 58.1 Å². The van der Waals surface area contributed by atoms with E-state index in [2.05, 4.69) is 20.7 Å². The molecular weight excluding hydrogens is 354 g/mol. The minimum absolute atomic E-state index is 0.157. The van der Waals surface area contributed by atoms with E-state index in [4.69, 9.17) is 0 Å². The second-order valence-corrected chi connectivity index (χ2v) is 7.47. The van der Waals surface area contributed by atoms with Crippen molar-refractivity contribution in [3.8, 4) is 0 Å². The van der Waals surface area contributed by atoms with Crippen LogP contribution in [-0.4, -0.2) is 13.5 Å². The number of hydrogen-bond acceptors (Lipinski definition) is 3. The van der Waals surface area contributed by atoms with Crippen LogP contribution in [0.4, 0.5) is 5.69 Å². The van der Waals surface area contributed by atoms with Crippen LogP contribution in [0.15, 0.2) is 51.8 Å². The SMILES string of the molecule is Cc1cc(Br)cc(NS(=O)(=O)c2ccc(C(C)O)cc2)c1. The molecule has 0 aliphatic rings. The van der Waals surface area contributed by atoms with Crippen LogP contribution in [0.25, 0.3) is 0 Å². The Bertz CT molecular complexity index is 720. The molecule has 0 fully saturated rings. The van der Waals surface area contributed by atoms with Crippen molar-refractivity contribution in [2.75, 3.05) is 4.72 Å². The van der Waals surface area contributed by atoms with Gasteiger partial charge in [0.1, 0.15) is 0 Å². The molecule has 112 valence electrons. The maximum absolute atomic E-state index is 12.3. The Balaban J connectivity index is 2.29. The van der Waals surface area contributed by atoms with Crippen molar-refractivity contribution in [3.63, 3.8) is 0 Å². The summed E-state index contributed by atoms with van der Waals surface area (Å²) in [7, 11) is -3.64. The average molecular weight is 370 g/mol. The van der Waals surface area contributed by atoms with Crippen LogP contribution in [0.1, 0.15) is 24.2 Å². The highest BCUT2D eigenvalue weighted by atomic mass is 79.9. The van der Waals surface area contributed by atoms with Crippen molar-refractivity contribution in [2.45, 2.75) is 24.8 Å². The fourth-order valence-corrected chi connectivity index (χ4v) is 3.58. The van der Waals surface area contributed by atoms with E-state index in [0.717, 1.165) is 10.0 Å². The van der Waals surface area contributed by atoms with Crippen molar-refractivity contribution >= 4 is 31.6 Å². The Morgan fingerprint density at radius 2 is 1.76 bits per heavy atom. The van der Waals surface area contributed by atoms with E-state index < -0.39 is 16.1 Å². The second-order valence-electron chi connectivity index (χ2n) is 4.87. The van der Waals surface area contributed by atoms with Crippen molar-refractivity contribution in [1.29, 1.82) is 0 Å². The van der Waals surface area contributed by atoms with Gasteiger partial charge in [-0.05, 0) is 55.3 Å². The Hall–Kier alpha value is -1.37. The summed E-state index contributed by atoms with van der Waals surface area (Å²) in [6.45, 7) is 3.52. The first-order valence-corrected chi connectivity index (χ1v) is 8.63. The van der Waals surface area contributed by atoms with Gasteiger partial charge in [0, 0.05) is 4.47 Å². The highest BCUT2D eigenvalue weighted by molar-refractivity contribution is 9.10. The van der Waals surface area contributed by atoms with Gasteiger partial charge in [0.05, 0.1) is 16.7 Å². The lowest BCUT2D eigenvalue weighted by molar-refractivity contribution is 0.199. The summed E-state index contributed by atoms with van der Waals surface area (Å²) in [6.07, 6.45) is -0.623. The predicted octanol–water partition coefficient (Wildman–Crippen LogP) is 3.61. The van der Waals surface area contributed by atoms with Crippen LogP contribution < -0.4 is 4.72 Å². The fourth-order valence-electron chi connectivity index (χ4n) is 1.93. The maximum Gasteiger partial charge on any atom is 0.261 e. The molecule has 0 bridgehead atoms. The van der Waals surface area contributed by atoms with Crippen LogP contribution in [0.5, 0.6) is 0 Å². The minimum Gasteiger partial charge on any atom is -0.389 e. The smallest absolute Gasteiger partial charge is 0.261 e. The van der Waals surface area contributed by atoms with Gasteiger partial charge in [0.15, 0.2) is 0 Å². The highest BCUT2D eigenvalue weighted by Crippen LogP contribution is 2.23. The number of hydrogen-bond donors (Lipinski definition) is 2. The molecule has 0 heterocycles. The van der Waals surface area contributed by atoms with E-state index in [1.165, 1.54) is 12.1 Å². The standard InChI is InChI=1S/C15H16BrNO3S/c1-10-7-13(16)9-14(8-10)17-21(19,20)15-5-3-12(4-6-15)11(2)18/h3-9,11,17-18H,1-2H3. The first-order chi connectivity index (χ1) is 9.78.